The van der Waals surface area contributed by atoms with E-state index in [0.717, 1.165) is 6.07 Å². The average molecular weight is 226 g/mol. The molecule has 1 rings (SSSR count). The summed E-state index contributed by atoms with van der Waals surface area (Å²) in [4.78, 5) is 10.1. The summed E-state index contributed by atoms with van der Waals surface area (Å²) in [5.41, 5.74) is 5.00. The minimum atomic E-state index is -4.08. The van der Waals surface area contributed by atoms with Gasteiger partial charge in [-0.25, -0.2) is 4.79 Å². The molecule has 7 heteroatoms. The standard InChI is InChI=1S/C7H6ClF2NO3/c8-4-2-1-3(14-4)5(11)7(9,10)6(12)13/h1-2,5H,11H2,(H,12,13)/t5-/m0/s1. The van der Waals surface area contributed by atoms with Crippen molar-refractivity contribution in [2.75, 3.05) is 0 Å². The highest BCUT2D eigenvalue weighted by Crippen LogP contribution is 2.31. The van der Waals surface area contributed by atoms with Crippen molar-refractivity contribution in [3.05, 3.63) is 23.1 Å². The molecule has 0 bridgehead atoms. The van der Waals surface area contributed by atoms with Gasteiger partial charge in [0.1, 0.15) is 11.8 Å². The van der Waals surface area contributed by atoms with Crippen LogP contribution in [0, 0.1) is 0 Å². The lowest BCUT2D eigenvalue weighted by Gasteiger charge is -2.16. The number of carboxylic acids is 1. The number of carbonyl (C=O) groups is 1. The Bertz CT molecular complexity index is 352. The maximum absolute atomic E-state index is 12.8. The van der Waals surface area contributed by atoms with Crippen molar-refractivity contribution in [3.8, 4) is 0 Å². The average Bonchev–Trinajstić information content (AvgIpc) is 2.50. The van der Waals surface area contributed by atoms with Crippen LogP contribution >= 0.6 is 11.6 Å². The SMILES string of the molecule is N[C@@H](c1ccc(Cl)o1)C(F)(F)C(=O)O. The van der Waals surface area contributed by atoms with E-state index in [-0.39, 0.29) is 11.0 Å². The lowest BCUT2D eigenvalue weighted by molar-refractivity contribution is -0.168. The molecule has 0 fully saturated rings. The van der Waals surface area contributed by atoms with Crippen LogP contribution in [0.15, 0.2) is 16.5 Å². The largest absolute Gasteiger partial charge is 0.477 e. The number of rotatable bonds is 3. The van der Waals surface area contributed by atoms with Gasteiger partial charge < -0.3 is 15.3 Å². The lowest BCUT2D eigenvalue weighted by atomic mass is 10.1. The van der Waals surface area contributed by atoms with E-state index in [2.05, 4.69) is 4.42 Å². The summed E-state index contributed by atoms with van der Waals surface area (Å²) in [6.07, 6.45) is 0. The van der Waals surface area contributed by atoms with E-state index in [1.165, 1.54) is 6.07 Å². The van der Waals surface area contributed by atoms with Crippen LogP contribution in [-0.4, -0.2) is 17.0 Å². The molecule has 1 atom stereocenters. The Morgan fingerprint density at radius 1 is 1.64 bits per heavy atom. The topological polar surface area (TPSA) is 76.5 Å². The van der Waals surface area contributed by atoms with Gasteiger partial charge in [-0.15, -0.1) is 0 Å². The Balaban J connectivity index is 2.95. The highest BCUT2D eigenvalue weighted by atomic mass is 35.5. The van der Waals surface area contributed by atoms with Crippen molar-refractivity contribution in [1.82, 2.24) is 0 Å². The fourth-order valence-electron chi connectivity index (χ4n) is 0.807. The summed E-state index contributed by atoms with van der Waals surface area (Å²) >= 11 is 5.32. The van der Waals surface area contributed by atoms with Crippen LogP contribution in [0.3, 0.4) is 0 Å². The molecular weight excluding hydrogens is 220 g/mol. The van der Waals surface area contributed by atoms with Crippen LogP contribution in [0.2, 0.25) is 5.22 Å². The fraction of sp³-hybridized carbons (Fsp3) is 0.286. The van der Waals surface area contributed by atoms with Crippen molar-refractivity contribution in [2.45, 2.75) is 12.0 Å². The van der Waals surface area contributed by atoms with Crippen molar-refractivity contribution in [3.63, 3.8) is 0 Å². The molecule has 3 N–H and O–H groups in total. The first kappa shape index (κ1) is 10.9. The summed E-state index contributed by atoms with van der Waals surface area (Å²) < 4.78 is 30.2. The number of aliphatic carboxylic acids is 1. The van der Waals surface area contributed by atoms with E-state index >= 15 is 0 Å². The molecule has 0 saturated carbocycles. The lowest BCUT2D eigenvalue weighted by Crippen LogP contribution is -2.40. The Kier molecular flexibility index (Phi) is 2.77. The molecule has 1 aromatic heterocycles. The minimum Gasteiger partial charge on any atom is -0.477 e. The van der Waals surface area contributed by atoms with Gasteiger partial charge in [0.05, 0.1) is 0 Å². The molecule has 0 radical (unpaired) electrons. The van der Waals surface area contributed by atoms with E-state index < -0.39 is 17.9 Å². The van der Waals surface area contributed by atoms with Gasteiger partial charge in [-0.3, -0.25) is 0 Å². The quantitative estimate of drug-likeness (QED) is 0.820. The summed E-state index contributed by atoms with van der Waals surface area (Å²) in [5.74, 6) is -6.76. The Labute approximate surface area is 82.3 Å². The molecule has 0 amide bonds. The molecule has 0 saturated heterocycles. The normalized spacial score (nSPS) is 14.0. The van der Waals surface area contributed by atoms with Crippen molar-refractivity contribution >= 4 is 17.6 Å². The number of hydrogen-bond donors (Lipinski definition) is 2. The first-order chi connectivity index (χ1) is 6.35. The first-order valence-electron chi connectivity index (χ1n) is 3.47. The number of hydrogen-bond acceptors (Lipinski definition) is 3. The summed E-state index contributed by atoms with van der Waals surface area (Å²) in [7, 11) is 0. The molecule has 0 aromatic carbocycles. The Morgan fingerprint density at radius 3 is 2.57 bits per heavy atom. The van der Waals surface area contributed by atoms with Gasteiger partial charge in [-0.2, -0.15) is 8.78 Å². The maximum atomic E-state index is 12.8. The number of nitrogens with two attached hydrogens (primary N) is 1. The minimum absolute atomic E-state index is 0.128. The van der Waals surface area contributed by atoms with Crippen molar-refractivity contribution in [2.24, 2.45) is 5.73 Å². The van der Waals surface area contributed by atoms with Crippen LogP contribution in [0.5, 0.6) is 0 Å². The predicted molar refractivity (Wildman–Crippen MR) is 43.2 cm³/mol. The Hall–Kier alpha value is -1.14. The van der Waals surface area contributed by atoms with Gasteiger partial charge >= 0.3 is 11.9 Å². The van der Waals surface area contributed by atoms with Crippen LogP contribution in [0.25, 0.3) is 0 Å². The second kappa shape index (κ2) is 3.55. The molecule has 0 unspecified atom stereocenters. The third kappa shape index (κ3) is 1.85. The van der Waals surface area contributed by atoms with Crippen LogP contribution < -0.4 is 5.73 Å². The zero-order valence-corrected chi connectivity index (χ0v) is 7.46. The molecule has 0 aliphatic heterocycles. The van der Waals surface area contributed by atoms with Gasteiger partial charge in [0.2, 0.25) is 0 Å². The smallest absolute Gasteiger partial charge is 0.376 e. The maximum Gasteiger partial charge on any atom is 0.376 e. The molecule has 0 spiro atoms. The van der Waals surface area contributed by atoms with Crippen molar-refractivity contribution in [1.29, 1.82) is 0 Å². The van der Waals surface area contributed by atoms with Gasteiger partial charge in [0.15, 0.2) is 5.22 Å². The van der Waals surface area contributed by atoms with Gasteiger partial charge in [0.25, 0.3) is 0 Å². The number of alkyl halides is 2. The Morgan fingerprint density at radius 2 is 2.21 bits per heavy atom. The molecular formula is C7H6ClF2NO3. The van der Waals surface area contributed by atoms with Crippen LogP contribution in [-0.2, 0) is 4.79 Å². The van der Waals surface area contributed by atoms with E-state index in [1.54, 1.807) is 0 Å². The van der Waals surface area contributed by atoms with Gasteiger partial charge in [0, 0.05) is 0 Å². The third-order valence-electron chi connectivity index (χ3n) is 1.58. The summed E-state index contributed by atoms with van der Waals surface area (Å²) in [6, 6.07) is 0.255. The summed E-state index contributed by atoms with van der Waals surface area (Å²) in [5, 5.41) is 8.05. The monoisotopic (exact) mass is 225 g/mol. The van der Waals surface area contributed by atoms with E-state index in [0.29, 0.717) is 0 Å². The van der Waals surface area contributed by atoms with Gasteiger partial charge in [-0.05, 0) is 23.7 Å². The zero-order valence-electron chi connectivity index (χ0n) is 6.71. The number of halogens is 3. The van der Waals surface area contributed by atoms with Crippen LogP contribution in [0.4, 0.5) is 8.78 Å². The molecule has 1 aromatic rings. The second-order valence-corrected chi connectivity index (χ2v) is 2.92. The fourth-order valence-corrected chi connectivity index (χ4v) is 0.959. The molecule has 4 nitrogen and oxygen atoms in total. The number of carboxylic acid groups (broad SMARTS) is 1. The zero-order chi connectivity index (χ0) is 10.9. The molecule has 78 valence electrons. The van der Waals surface area contributed by atoms with E-state index in [1.807, 2.05) is 0 Å². The third-order valence-corrected chi connectivity index (χ3v) is 1.78. The summed E-state index contributed by atoms with van der Waals surface area (Å²) in [6.45, 7) is 0. The van der Waals surface area contributed by atoms with E-state index in [4.69, 9.17) is 22.4 Å². The second-order valence-electron chi connectivity index (χ2n) is 2.55. The van der Waals surface area contributed by atoms with Crippen LogP contribution in [0.1, 0.15) is 11.8 Å². The van der Waals surface area contributed by atoms with Gasteiger partial charge in [-0.1, -0.05) is 0 Å². The molecule has 14 heavy (non-hydrogen) atoms. The first-order valence-corrected chi connectivity index (χ1v) is 3.85. The molecule has 0 aliphatic rings. The van der Waals surface area contributed by atoms with Crippen molar-refractivity contribution < 1.29 is 23.1 Å². The number of furan rings is 1. The predicted octanol–water partition coefficient (Wildman–Crippen LogP) is 1.65. The molecule has 1 heterocycles. The van der Waals surface area contributed by atoms with E-state index in [9.17, 15) is 13.6 Å². The highest BCUT2D eigenvalue weighted by molar-refractivity contribution is 6.28. The molecule has 0 aliphatic carbocycles. The highest BCUT2D eigenvalue weighted by Gasteiger charge is 2.48.